The van der Waals surface area contributed by atoms with Gasteiger partial charge in [-0.05, 0) is 79.5 Å². The first-order valence-electron chi connectivity index (χ1n) is 14.0. The lowest BCUT2D eigenvalue weighted by Gasteiger charge is -2.45. The first-order valence-corrected chi connectivity index (χ1v) is 15.9. The zero-order chi connectivity index (χ0) is 30.7. The van der Waals surface area contributed by atoms with E-state index in [1.165, 1.54) is 24.3 Å². The third-order valence-electron chi connectivity index (χ3n) is 9.11. The van der Waals surface area contributed by atoms with Crippen LogP contribution in [-0.4, -0.2) is 40.4 Å². The average molecular weight is 627 g/mol. The Morgan fingerprint density at radius 2 is 1.79 bits per heavy atom. The molecule has 3 aromatic carbocycles. The maximum Gasteiger partial charge on any atom is 0.255 e. The highest BCUT2D eigenvalue weighted by molar-refractivity contribution is 7.92. The van der Waals surface area contributed by atoms with Crippen molar-refractivity contribution in [1.82, 2.24) is 4.98 Å². The average Bonchev–Trinajstić information content (AvgIpc) is 3.10. The molecule has 6 rings (SSSR count). The number of halogens is 3. The van der Waals surface area contributed by atoms with Gasteiger partial charge in [0, 0.05) is 22.7 Å². The second kappa shape index (κ2) is 10.9. The Bertz CT molecular complexity index is 1860. The number of carbonyl (C=O) groups excluding carboxylic acids is 1. The van der Waals surface area contributed by atoms with Gasteiger partial charge in [0.25, 0.3) is 5.91 Å². The van der Waals surface area contributed by atoms with Crippen LogP contribution in [0.5, 0.6) is 0 Å². The Balaban J connectivity index is 1.26. The lowest BCUT2D eigenvalue weighted by atomic mass is 9.69. The van der Waals surface area contributed by atoms with Gasteiger partial charge in [-0.3, -0.25) is 4.79 Å². The Morgan fingerprint density at radius 3 is 2.53 bits per heavy atom. The van der Waals surface area contributed by atoms with Crippen molar-refractivity contribution in [3.8, 4) is 0 Å². The second-order valence-corrected chi connectivity index (χ2v) is 14.2. The Hall–Kier alpha value is -3.44. The molecule has 7 nitrogen and oxygen atoms in total. The molecule has 0 spiro atoms. The van der Waals surface area contributed by atoms with Crippen molar-refractivity contribution in [2.24, 2.45) is 17.8 Å². The summed E-state index contributed by atoms with van der Waals surface area (Å²) in [5.41, 5.74) is -0.595. The number of anilines is 1. The number of nitrogens with one attached hydrogen (secondary N) is 1. The van der Waals surface area contributed by atoms with E-state index < -0.39 is 56.2 Å². The minimum Gasteiger partial charge on any atom is -0.386 e. The molecule has 1 aromatic heterocycles. The molecular formula is C32H29ClF2N2O5S. The van der Waals surface area contributed by atoms with E-state index in [0.717, 1.165) is 17.5 Å². The Labute approximate surface area is 252 Å². The number of sulfone groups is 1. The van der Waals surface area contributed by atoms with Gasteiger partial charge in [0.15, 0.2) is 21.5 Å². The van der Waals surface area contributed by atoms with Gasteiger partial charge in [-0.1, -0.05) is 42.8 Å². The summed E-state index contributed by atoms with van der Waals surface area (Å²) in [5, 5.41) is 25.9. The van der Waals surface area contributed by atoms with Gasteiger partial charge in [0.05, 0.1) is 26.4 Å². The molecule has 3 unspecified atom stereocenters. The topological polar surface area (TPSA) is 117 Å². The van der Waals surface area contributed by atoms with Gasteiger partial charge in [0.2, 0.25) is 0 Å². The first-order chi connectivity index (χ1) is 20.4. The highest BCUT2D eigenvalue weighted by Gasteiger charge is 2.62. The fourth-order valence-corrected chi connectivity index (χ4v) is 9.31. The predicted molar refractivity (Wildman–Crippen MR) is 158 cm³/mol. The van der Waals surface area contributed by atoms with E-state index in [1.807, 2.05) is 37.3 Å². The van der Waals surface area contributed by atoms with E-state index in [1.54, 1.807) is 6.07 Å². The predicted octanol–water partition coefficient (Wildman–Crippen LogP) is 6.09. The zero-order valence-corrected chi connectivity index (χ0v) is 24.6. The van der Waals surface area contributed by atoms with Crippen LogP contribution in [0.15, 0.2) is 77.7 Å². The number of amides is 1. The Kier molecular flexibility index (Phi) is 7.53. The number of para-hydroxylation sites is 1. The molecule has 11 heteroatoms. The molecule has 1 amide bonds. The van der Waals surface area contributed by atoms with Crippen LogP contribution in [-0.2, 0) is 9.84 Å². The standard InChI is InChI=1S/C32H29ClF2N2O5S/c1-17-12-20-14-22(16-23(17)32(20,40)30(38)28-11-7-18-4-2-3-5-27(18)37-28)43(41,42)29-13-19(6-9-24(29)33)31(39)36-21-8-10-25(34)26(35)15-21/h2-11,13,15,17,20,22-23,30,38,40H,12,14,16H2,1H3,(H,36,39)/t17-,20?,22+,23?,30?,32+/m0/s1. The largest absolute Gasteiger partial charge is 0.386 e. The van der Waals surface area contributed by atoms with Crippen LogP contribution in [0.4, 0.5) is 14.5 Å². The number of hydrogen-bond donors (Lipinski definition) is 3. The number of pyridine rings is 1. The molecule has 0 radical (unpaired) electrons. The van der Waals surface area contributed by atoms with Crippen LogP contribution < -0.4 is 5.32 Å². The number of rotatable bonds is 6. The van der Waals surface area contributed by atoms with E-state index >= 15 is 0 Å². The molecule has 0 saturated heterocycles. The van der Waals surface area contributed by atoms with Gasteiger partial charge in [-0.2, -0.15) is 0 Å². The molecule has 0 aliphatic heterocycles. The minimum absolute atomic E-state index is 0.000141. The molecule has 2 aliphatic carbocycles. The monoisotopic (exact) mass is 626 g/mol. The fraction of sp³-hybridized carbons (Fsp3) is 0.312. The molecule has 4 aromatic rings. The van der Waals surface area contributed by atoms with E-state index in [2.05, 4.69) is 10.3 Å². The number of benzene rings is 3. The van der Waals surface area contributed by atoms with Crippen LogP contribution in [0.2, 0.25) is 5.02 Å². The van der Waals surface area contributed by atoms with Crippen molar-refractivity contribution in [1.29, 1.82) is 0 Å². The van der Waals surface area contributed by atoms with Gasteiger partial charge < -0.3 is 15.5 Å². The number of aliphatic hydroxyl groups excluding tert-OH is 1. The van der Waals surface area contributed by atoms with Crippen LogP contribution in [0.25, 0.3) is 10.9 Å². The summed E-state index contributed by atoms with van der Waals surface area (Å²) < 4.78 is 54.9. The normalized spacial score (nSPS) is 25.9. The summed E-state index contributed by atoms with van der Waals surface area (Å²) in [4.78, 5) is 17.2. The van der Waals surface area contributed by atoms with E-state index in [0.29, 0.717) is 17.6 Å². The van der Waals surface area contributed by atoms with Gasteiger partial charge in [-0.25, -0.2) is 22.2 Å². The maximum atomic E-state index is 14.0. The summed E-state index contributed by atoms with van der Waals surface area (Å²) in [6, 6.07) is 17.7. The van der Waals surface area contributed by atoms with E-state index in [-0.39, 0.29) is 39.9 Å². The summed E-state index contributed by atoms with van der Waals surface area (Å²) in [7, 11) is -4.08. The second-order valence-electron chi connectivity index (χ2n) is 11.6. The van der Waals surface area contributed by atoms with Gasteiger partial charge >= 0.3 is 0 Å². The molecular weight excluding hydrogens is 598 g/mol. The highest BCUT2D eigenvalue weighted by atomic mass is 35.5. The SMILES string of the molecule is C[C@H]1CC2C[C@@H](S(=O)(=O)c3cc(C(=O)Nc4ccc(F)c(F)c4)ccc3Cl)CC1[C@@]2(O)C(O)c1ccc2ccccc2n1. The summed E-state index contributed by atoms with van der Waals surface area (Å²) >= 11 is 6.35. The lowest BCUT2D eigenvalue weighted by Crippen LogP contribution is -2.52. The molecule has 6 atom stereocenters. The fourth-order valence-electron chi connectivity index (χ4n) is 6.93. The molecule has 3 N–H and O–H groups in total. The first kappa shape index (κ1) is 29.6. The van der Waals surface area contributed by atoms with Crippen molar-refractivity contribution in [2.75, 3.05) is 5.32 Å². The van der Waals surface area contributed by atoms with Crippen molar-refractivity contribution >= 4 is 43.9 Å². The number of nitrogens with zero attached hydrogens (tertiary/aromatic N) is 1. The van der Waals surface area contributed by atoms with E-state index in [4.69, 9.17) is 11.6 Å². The smallest absolute Gasteiger partial charge is 0.255 e. The van der Waals surface area contributed by atoms with E-state index in [9.17, 15) is 32.2 Å². The van der Waals surface area contributed by atoms with Gasteiger partial charge in [-0.15, -0.1) is 0 Å². The van der Waals surface area contributed by atoms with Crippen molar-refractivity contribution < 1.29 is 32.2 Å². The number of aliphatic hydroxyl groups is 2. The van der Waals surface area contributed by atoms with Crippen LogP contribution in [0.1, 0.15) is 48.3 Å². The van der Waals surface area contributed by atoms with Crippen LogP contribution in [0.3, 0.4) is 0 Å². The molecule has 1 heterocycles. The number of aromatic nitrogens is 1. The molecule has 2 bridgehead atoms. The van der Waals surface area contributed by atoms with Crippen molar-refractivity contribution in [2.45, 2.75) is 48.0 Å². The third kappa shape index (κ3) is 5.10. The molecule has 224 valence electrons. The highest BCUT2D eigenvalue weighted by Crippen LogP contribution is 2.58. The van der Waals surface area contributed by atoms with Crippen LogP contribution in [0, 0.1) is 29.4 Å². The molecule has 2 saturated carbocycles. The zero-order valence-electron chi connectivity index (χ0n) is 23.0. The molecule has 2 fully saturated rings. The summed E-state index contributed by atoms with van der Waals surface area (Å²) in [6.07, 6.45) is -0.607. The van der Waals surface area contributed by atoms with Crippen LogP contribution >= 0.6 is 11.6 Å². The number of carbonyl (C=O) groups is 1. The number of fused-ring (bicyclic) bond motifs is 3. The summed E-state index contributed by atoms with van der Waals surface area (Å²) in [6.45, 7) is 1.95. The third-order valence-corrected chi connectivity index (χ3v) is 11.8. The van der Waals surface area contributed by atoms with Crippen molar-refractivity contribution in [3.05, 3.63) is 101 Å². The molecule has 2 aliphatic rings. The van der Waals surface area contributed by atoms with Crippen molar-refractivity contribution in [3.63, 3.8) is 0 Å². The van der Waals surface area contributed by atoms with Gasteiger partial charge in [0.1, 0.15) is 11.7 Å². The number of hydrogen-bond acceptors (Lipinski definition) is 6. The molecule has 43 heavy (non-hydrogen) atoms. The summed E-state index contributed by atoms with van der Waals surface area (Å²) in [5.74, 6) is -4.05. The quantitative estimate of drug-likeness (QED) is 0.238. The minimum atomic E-state index is -4.08. The Morgan fingerprint density at radius 1 is 1.02 bits per heavy atom. The lowest BCUT2D eigenvalue weighted by molar-refractivity contribution is -0.149. The maximum absolute atomic E-state index is 14.0.